The van der Waals surface area contributed by atoms with Crippen molar-refractivity contribution in [1.29, 1.82) is 0 Å². The Labute approximate surface area is 105 Å². The Bertz CT molecular complexity index is 446. The summed E-state index contributed by atoms with van der Waals surface area (Å²) in [6, 6.07) is -0.318. The van der Waals surface area contributed by atoms with Gasteiger partial charge in [0.1, 0.15) is 6.34 Å². The molecule has 0 bridgehead atoms. The summed E-state index contributed by atoms with van der Waals surface area (Å²) in [6.07, 6.45) is 2.13. The normalized spacial score (nSPS) is 25.7. The van der Waals surface area contributed by atoms with Crippen LogP contribution in [0.3, 0.4) is 0 Å². The van der Waals surface area contributed by atoms with Crippen molar-refractivity contribution in [2.24, 2.45) is 10.1 Å². The van der Waals surface area contributed by atoms with Gasteiger partial charge in [0.05, 0.1) is 0 Å². The predicted octanol–water partition coefficient (Wildman–Crippen LogP) is -0.849. The van der Waals surface area contributed by atoms with Crippen LogP contribution in [-0.2, 0) is 4.79 Å². The third kappa shape index (κ3) is 1.45. The SMILES string of the molecule is CCCNC(=O)[C@@]12N=CNN=C1N(C)C(=O)N2C. The largest absolute Gasteiger partial charge is 0.352 e. The number of likely N-dealkylation sites (N-methyl/N-ethyl adjacent to an activating group) is 2. The van der Waals surface area contributed by atoms with Crippen LogP contribution in [0.4, 0.5) is 4.79 Å². The topological polar surface area (TPSA) is 89.4 Å². The molecule has 8 heteroatoms. The molecule has 2 rings (SSSR count). The van der Waals surface area contributed by atoms with Crippen molar-refractivity contribution in [3.05, 3.63) is 0 Å². The smallest absolute Gasteiger partial charge is 0.327 e. The van der Waals surface area contributed by atoms with Gasteiger partial charge in [0.15, 0.2) is 5.84 Å². The van der Waals surface area contributed by atoms with Crippen LogP contribution in [0.2, 0.25) is 0 Å². The number of nitrogens with one attached hydrogen (secondary N) is 2. The van der Waals surface area contributed by atoms with Gasteiger partial charge >= 0.3 is 6.03 Å². The van der Waals surface area contributed by atoms with Gasteiger partial charge in [-0.05, 0) is 6.42 Å². The zero-order chi connectivity index (χ0) is 13.3. The Morgan fingerprint density at radius 1 is 1.56 bits per heavy atom. The molecule has 0 radical (unpaired) electrons. The number of carbonyl (C=O) groups is 2. The van der Waals surface area contributed by atoms with E-state index >= 15 is 0 Å². The molecule has 2 aliphatic heterocycles. The van der Waals surface area contributed by atoms with E-state index in [1.807, 2.05) is 6.92 Å². The van der Waals surface area contributed by atoms with Crippen molar-refractivity contribution in [2.45, 2.75) is 19.0 Å². The van der Waals surface area contributed by atoms with Crippen LogP contribution in [0, 0.1) is 0 Å². The number of aliphatic imine (C=N–C) groups is 1. The van der Waals surface area contributed by atoms with Crippen LogP contribution in [0.25, 0.3) is 0 Å². The van der Waals surface area contributed by atoms with Crippen LogP contribution >= 0.6 is 0 Å². The molecular formula is C10H16N6O2. The molecule has 0 saturated carbocycles. The highest BCUT2D eigenvalue weighted by molar-refractivity contribution is 6.22. The Kier molecular flexibility index (Phi) is 2.93. The second kappa shape index (κ2) is 4.28. The van der Waals surface area contributed by atoms with Crippen molar-refractivity contribution < 1.29 is 9.59 Å². The standard InChI is InChI=1S/C10H16N6O2/c1-4-5-11-8(17)10-7(14-13-6-12-10)15(2)9(18)16(10)3/h6H,4-5H2,1-3H3,(H,11,17)(H,12,13)/t10-/m1/s1. The molecular weight excluding hydrogens is 236 g/mol. The number of rotatable bonds is 3. The van der Waals surface area contributed by atoms with E-state index in [2.05, 4.69) is 20.8 Å². The summed E-state index contributed by atoms with van der Waals surface area (Å²) < 4.78 is 0. The summed E-state index contributed by atoms with van der Waals surface area (Å²) in [4.78, 5) is 31.0. The Hall–Kier alpha value is -2.12. The average molecular weight is 252 g/mol. The van der Waals surface area contributed by atoms with Crippen LogP contribution in [0.5, 0.6) is 0 Å². The number of hydrogen-bond acceptors (Lipinski definition) is 5. The summed E-state index contributed by atoms with van der Waals surface area (Å²) in [5.41, 5.74) is 1.18. The highest BCUT2D eigenvalue weighted by atomic mass is 16.2. The van der Waals surface area contributed by atoms with E-state index in [9.17, 15) is 9.59 Å². The van der Waals surface area contributed by atoms with E-state index in [4.69, 9.17) is 0 Å². The first-order chi connectivity index (χ1) is 8.55. The number of fused-ring (bicyclic) bond motifs is 1. The average Bonchev–Trinajstić information content (AvgIpc) is 2.59. The molecule has 1 fully saturated rings. The van der Waals surface area contributed by atoms with Gasteiger partial charge in [-0.15, -0.1) is 0 Å². The Morgan fingerprint density at radius 2 is 2.28 bits per heavy atom. The zero-order valence-electron chi connectivity index (χ0n) is 10.6. The van der Waals surface area contributed by atoms with E-state index in [-0.39, 0.29) is 17.8 Å². The van der Waals surface area contributed by atoms with Gasteiger partial charge < -0.3 is 5.32 Å². The van der Waals surface area contributed by atoms with Crippen molar-refractivity contribution in [1.82, 2.24) is 20.5 Å². The third-order valence-corrected chi connectivity index (χ3v) is 3.02. The quantitative estimate of drug-likeness (QED) is 0.685. The molecule has 0 aromatic rings. The molecule has 3 amide bonds. The predicted molar refractivity (Wildman–Crippen MR) is 66.0 cm³/mol. The fourth-order valence-electron chi connectivity index (χ4n) is 2.02. The number of amides is 3. The van der Waals surface area contributed by atoms with Crippen LogP contribution < -0.4 is 10.7 Å². The van der Waals surface area contributed by atoms with E-state index < -0.39 is 5.66 Å². The van der Waals surface area contributed by atoms with E-state index in [0.29, 0.717) is 6.54 Å². The lowest BCUT2D eigenvalue weighted by molar-refractivity contribution is -0.127. The molecule has 0 aromatic heterocycles. The molecule has 1 atom stereocenters. The lowest BCUT2D eigenvalue weighted by Gasteiger charge is -2.30. The van der Waals surface area contributed by atoms with Crippen molar-refractivity contribution in [3.63, 3.8) is 0 Å². The minimum Gasteiger partial charge on any atom is -0.352 e. The van der Waals surface area contributed by atoms with E-state index in [1.165, 1.54) is 23.2 Å². The fourth-order valence-corrected chi connectivity index (χ4v) is 2.02. The summed E-state index contributed by atoms with van der Waals surface area (Å²) >= 11 is 0. The fraction of sp³-hybridized carbons (Fsp3) is 0.600. The van der Waals surface area contributed by atoms with Crippen molar-refractivity contribution in [2.75, 3.05) is 20.6 Å². The van der Waals surface area contributed by atoms with Gasteiger partial charge in [0, 0.05) is 20.6 Å². The summed E-state index contributed by atoms with van der Waals surface area (Å²) in [7, 11) is 3.10. The molecule has 8 nitrogen and oxygen atoms in total. The van der Waals surface area contributed by atoms with Crippen LogP contribution in [-0.4, -0.2) is 60.2 Å². The van der Waals surface area contributed by atoms with Crippen molar-refractivity contribution in [3.8, 4) is 0 Å². The summed E-state index contributed by atoms with van der Waals surface area (Å²) in [5.74, 6) is -0.0628. The van der Waals surface area contributed by atoms with Gasteiger partial charge in [-0.25, -0.2) is 9.79 Å². The molecule has 0 aliphatic carbocycles. The van der Waals surface area contributed by atoms with Crippen LogP contribution in [0.15, 0.2) is 10.1 Å². The van der Waals surface area contributed by atoms with Crippen molar-refractivity contribution >= 4 is 24.1 Å². The highest BCUT2D eigenvalue weighted by Gasteiger charge is 2.59. The molecule has 2 aliphatic rings. The molecule has 18 heavy (non-hydrogen) atoms. The molecule has 0 aromatic carbocycles. The molecule has 98 valence electrons. The minimum atomic E-state index is -1.38. The molecule has 0 unspecified atom stereocenters. The second-order valence-corrected chi connectivity index (χ2v) is 4.15. The van der Waals surface area contributed by atoms with Gasteiger partial charge in [0.25, 0.3) is 11.6 Å². The minimum absolute atomic E-state index is 0.283. The Balaban J connectivity index is 2.40. The maximum absolute atomic E-state index is 12.3. The lowest BCUT2D eigenvalue weighted by atomic mass is 10.1. The van der Waals surface area contributed by atoms with Crippen LogP contribution in [0.1, 0.15) is 13.3 Å². The van der Waals surface area contributed by atoms with Gasteiger partial charge in [-0.3, -0.25) is 20.0 Å². The zero-order valence-corrected chi connectivity index (χ0v) is 10.6. The number of hydrogen-bond donors (Lipinski definition) is 2. The van der Waals surface area contributed by atoms with E-state index in [1.54, 1.807) is 7.05 Å². The first-order valence-corrected chi connectivity index (χ1v) is 5.73. The number of carbonyl (C=O) groups excluding carboxylic acids is 2. The number of hydrazone groups is 1. The number of amidine groups is 1. The molecule has 2 heterocycles. The molecule has 2 N–H and O–H groups in total. The maximum Gasteiger partial charge on any atom is 0.327 e. The number of nitrogens with zero attached hydrogens (tertiary/aromatic N) is 4. The molecule has 1 saturated heterocycles. The molecule has 0 spiro atoms. The Morgan fingerprint density at radius 3 is 2.94 bits per heavy atom. The number of urea groups is 1. The lowest BCUT2D eigenvalue weighted by Crippen LogP contribution is -2.59. The second-order valence-electron chi connectivity index (χ2n) is 4.15. The summed E-state index contributed by atoms with van der Waals surface area (Å²) in [6.45, 7) is 2.48. The van der Waals surface area contributed by atoms with Gasteiger partial charge in [0.2, 0.25) is 0 Å². The first kappa shape index (κ1) is 12.3. The maximum atomic E-state index is 12.3. The van der Waals surface area contributed by atoms with E-state index in [0.717, 1.165) is 6.42 Å². The van der Waals surface area contributed by atoms with Gasteiger partial charge in [-0.1, -0.05) is 6.92 Å². The van der Waals surface area contributed by atoms with Gasteiger partial charge in [-0.2, -0.15) is 5.10 Å². The summed E-state index contributed by atoms with van der Waals surface area (Å²) in [5, 5.41) is 6.75. The third-order valence-electron chi connectivity index (χ3n) is 3.02. The first-order valence-electron chi connectivity index (χ1n) is 5.73. The highest BCUT2D eigenvalue weighted by Crippen LogP contribution is 2.29. The monoisotopic (exact) mass is 252 g/mol.